The first-order chi connectivity index (χ1) is 9.65. The van der Waals surface area contributed by atoms with Crippen LogP contribution < -0.4 is 0 Å². The molecule has 1 atom stereocenters. The molecule has 0 N–H and O–H groups in total. The van der Waals surface area contributed by atoms with E-state index in [1.807, 2.05) is 30.3 Å². The Bertz CT molecular complexity index is 498. The van der Waals surface area contributed by atoms with Crippen molar-refractivity contribution >= 4 is 10.0 Å². The molecule has 0 spiro atoms. The van der Waals surface area contributed by atoms with Gasteiger partial charge in [-0.2, -0.15) is 4.31 Å². The summed E-state index contributed by atoms with van der Waals surface area (Å²) in [7, 11) is -3.12. The maximum atomic E-state index is 12.6. The van der Waals surface area contributed by atoms with E-state index < -0.39 is 10.0 Å². The molecule has 0 aromatic heterocycles. The second-order valence-corrected chi connectivity index (χ2v) is 7.60. The molecule has 1 heterocycles. The third-order valence-electron chi connectivity index (χ3n) is 4.00. The molecule has 1 aromatic carbocycles. The second kappa shape index (κ2) is 7.23. The van der Waals surface area contributed by atoms with Crippen molar-refractivity contribution in [1.82, 2.24) is 4.31 Å². The van der Waals surface area contributed by atoms with E-state index in [0.29, 0.717) is 12.3 Å². The summed E-state index contributed by atoms with van der Waals surface area (Å²) in [5, 5.41) is 0. The van der Waals surface area contributed by atoms with Crippen LogP contribution in [-0.4, -0.2) is 25.0 Å². The monoisotopic (exact) mass is 295 g/mol. The van der Waals surface area contributed by atoms with E-state index >= 15 is 0 Å². The van der Waals surface area contributed by atoms with Crippen LogP contribution in [0.4, 0.5) is 0 Å². The fourth-order valence-corrected chi connectivity index (χ4v) is 4.72. The Morgan fingerprint density at radius 1 is 1.15 bits per heavy atom. The van der Waals surface area contributed by atoms with E-state index in [0.717, 1.165) is 44.1 Å². The summed E-state index contributed by atoms with van der Waals surface area (Å²) < 4.78 is 26.9. The lowest BCUT2D eigenvalue weighted by molar-refractivity contribution is 0.256. The summed E-state index contributed by atoms with van der Waals surface area (Å²) >= 11 is 0. The minimum Gasteiger partial charge on any atom is -0.212 e. The Hall–Kier alpha value is -0.870. The average Bonchev–Trinajstić information content (AvgIpc) is 2.48. The smallest absolute Gasteiger partial charge is 0.212 e. The van der Waals surface area contributed by atoms with E-state index in [1.54, 1.807) is 4.31 Å². The average molecular weight is 295 g/mol. The van der Waals surface area contributed by atoms with Gasteiger partial charge in [-0.15, -0.1) is 0 Å². The van der Waals surface area contributed by atoms with Crippen LogP contribution in [0.1, 0.15) is 57.1 Å². The van der Waals surface area contributed by atoms with Gasteiger partial charge >= 0.3 is 0 Å². The molecule has 1 aromatic rings. The van der Waals surface area contributed by atoms with Gasteiger partial charge in [0.25, 0.3) is 0 Å². The Morgan fingerprint density at radius 2 is 1.90 bits per heavy atom. The minimum absolute atomic E-state index is 0.0385. The van der Waals surface area contributed by atoms with Gasteiger partial charge in [-0.25, -0.2) is 8.42 Å². The number of hydrogen-bond acceptors (Lipinski definition) is 2. The van der Waals surface area contributed by atoms with Crippen molar-refractivity contribution in [2.24, 2.45) is 0 Å². The van der Waals surface area contributed by atoms with Crippen LogP contribution in [0.25, 0.3) is 0 Å². The zero-order valence-corrected chi connectivity index (χ0v) is 13.1. The molecule has 2 rings (SSSR count). The highest BCUT2D eigenvalue weighted by atomic mass is 32.2. The standard InChI is InChI=1S/C16H25NO2S/c1-2-3-9-14-20(18,19)17-13-8-7-12-16(17)15-10-5-4-6-11-15/h4-6,10-11,16H,2-3,7-9,12-14H2,1H3. The molecule has 1 aliphatic rings. The largest absolute Gasteiger partial charge is 0.214 e. The lowest BCUT2D eigenvalue weighted by Crippen LogP contribution is -2.39. The molecular formula is C16H25NO2S. The van der Waals surface area contributed by atoms with Crippen molar-refractivity contribution in [1.29, 1.82) is 0 Å². The molecule has 0 radical (unpaired) electrons. The second-order valence-electron chi connectivity index (χ2n) is 5.56. The third-order valence-corrected chi connectivity index (χ3v) is 5.96. The van der Waals surface area contributed by atoms with E-state index in [-0.39, 0.29) is 6.04 Å². The zero-order chi connectivity index (χ0) is 14.4. The van der Waals surface area contributed by atoms with Crippen LogP contribution in [0.2, 0.25) is 0 Å². The molecule has 0 bridgehead atoms. The number of benzene rings is 1. The first-order valence-electron chi connectivity index (χ1n) is 7.69. The van der Waals surface area contributed by atoms with Crippen molar-refractivity contribution in [3.05, 3.63) is 35.9 Å². The molecule has 20 heavy (non-hydrogen) atoms. The third kappa shape index (κ3) is 3.83. The van der Waals surface area contributed by atoms with Crippen molar-refractivity contribution in [3.63, 3.8) is 0 Å². The number of sulfonamides is 1. The van der Waals surface area contributed by atoms with Crippen LogP contribution in [-0.2, 0) is 10.0 Å². The lowest BCUT2D eigenvalue weighted by atomic mass is 9.98. The molecule has 3 nitrogen and oxygen atoms in total. The van der Waals surface area contributed by atoms with Crippen molar-refractivity contribution < 1.29 is 8.42 Å². The Balaban J connectivity index is 2.14. The van der Waals surface area contributed by atoms with Gasteiger partial charge in [-0.05, 0) is 24.8 Å². The maximum Gasteiger partial charge on any atom is 0.214 e. The number of rotatable bonds is 6. The molecule has 4 heteroatoms. The summed E-state index contributed by atoms with van der Waals surface area (Å²) in [6.07, 6.45) is 5.85. The van der Waals surface area contributed by atoms with Crippen LogP contribution in [0, 0.1) is 0 Å². The Morgan fingerprint density at radius 3 is 2.60 bits per heavy atom. The van der Waals surface area contributed by atoms with Gasteiger partial charge in [0.05, 0.1) is 5.75 Å². The predicted octanol–water partition coefficient (Wildman–Crippen LogP) is 3.73. The van der Waals surface area contributed by atoms with Gasteiger partial charge in [0, 0.05) is 12.6 Å². The summed E-state index contributed by atoms with van der Waals surface area (Å²) in [5.41, 5.74) is 1.13. The molecule has 1 unspecified atom stereocenters. The van der Waals surface area contributed by atoms with Gasteiger partial charge < -0.3 is 0 Å². The molecule has 1 saturated heterocycles. The predicted molar refractivity (Wildman–Crippen MR) is 83.1 cm³/mol. The van der Waals surface area contributed by atoms with E-state index in [2.05, 4.69) is 6.92 Å². The number of piperidine rings is 1. The van der Waals surface area contributed by atoms with Crippen LogP contribution in [0.5, 0.6) is 0 Å². The van der Waals surface area contributed by atoms with Crippen LogP contribution in [0.15, 0.2) is 30.3 Å². The van der Waals surface area contributed by atoms with Crippen molar-refractivity contribution in [3.8, 4) is 0 Å². The molecular weight excluding hydrogens is 270 g/mol. The molecule has 0 saturated carbocycles. The Labute approximate surface area is 123 Å². The number of unbranched alkanes of at least 4 members (excludes halogenated alkanes) is 2. The van der Waals surface area contributed by atoms with Gasteiger partial charge in [0.1, 0.15) is 0 Å². The molecule has 1 fully saturated rings. The molecule has 1 aliphatic heterocycles. The highest BCUT2D eigenvalue weighted by Crippen LogP contribution is 2.33. The topological polar surface area (TPSA) is 37.4 Å². The van der Waals surface area contributed by atoms with E-state index in [1.165, 1.54) is 0 Å². The van der Waals surface area contributed by atoms with E-state index in [9.17, 15) is 8.42 Å². The van der Waals surface area contributed by atoms with Gasteiger partial charge in [-0.3, -0.25) is 0 Å². The van der Waals surface area contributed by atoms with Gasteiger partial charge in [0.2, 0.25) is 10.0 Å². The SMILES string of the molecule is CCCCCS(=O)(=O)N1CCCCC1c1ccccc1. The highest BCUT2D eigenvalue weighted by Gasteiger charge is 2.32. The quantitative estimate of drug-likeness (QED) is 0.750. The summed E-state index contributed by atoms with van der Waals surface area (Å²) in [6, 6.07) is 10.1. The molecule has 0 aliphatic carbocycles. The zero-order valence-electron chi connectivity index (χ0n) is 12.3. The molecule has 112 valence electrons. The summed E-state index contributed by atoms with van der Waals surface area (Å²) in [6.45, 7) is 2.77. The lowest BCUT2D eigenvalue weighted by Gasteiger charge is -2.35. The fourth-order valence-electron chi connectivity index (χ4n) is 2.90. The minimum atomic E-state index is -3.12. The normalized spacial score (nSPS) is 20.9. The first-order valence-corrected chi connectivity index (χ1v) is 9.30. The van der Waals surface area contributed by atoms with Gasteiger partial charge in [-0.1, -0.05) is 56.5 Å². The Kier molecular flexibility index (Phi) is 5.61. The van der Waals surface area contributed by atoms with Crippen molar-refractivity contribution in [2.75, 3.05) is 12.3 Å². The van der Waals surface area contributed by atoms with Crippen LogP contribution in [0.3, 0.4) is 0 Å². The van der Waals surface area contributed by atoms with Crippen molar-refractivity contribution in [2.45, 2.75) is 51.5 Å². The molecule has 0 amide bonds. The highest BCUT2D eigenvalue weighted by molar-refractivity contribution is 7.89. The van der Waals surface area contributed by atoms with Gasteiger partial charge in [0.15, 0.2) is 0 Å². The number of nitrogens with zero attached hydrogens (tertiary/aromatic N) is 1. The first kappa shape index (κ1) is 15.5. The fraction of sp³-hybridized carbons (Fsp3) is 0.625. The maximum absolute atomic E-state index is 12.6. The van der Waals surface area contributed by atoms with E-state index in [4.69, 9.17) is 0 Å². The summed E-state index contributed by atoms with van der Waals surface area (Å²) in [4.78, 5) is 0. The van der Waals surface area contributed by atoms with Crippen LogP contribution >= 0.6 is 0 Å². The number of hydrogen-bond donors (Lipinski definition) is 0. The summed E-state index contributed by atoms with van der Waals surface area (Å²) in [5.74, 6) is 0.296.